The average Bonchev–Trinajstić information content (AvgIpc) is 2.51. The number of hydrogen-bond acceptors (Lipinski definition) is 4. The van der Waals surface area contributed by atoms with Crippen molar-refractivity contribution in [2.45, 2.75) is 12.5 Å². The lowest BCUT2D eigenvalue weighted by Crippen LogP contribution is -2.42. The number of nitrogens with zero attached hydrogens (tertiary/aromatic N) is 1. The first-order valence-corrected chi connectivity index (χ1v) is 3.40. The fraction of sp³-hybridized carbons (Fsp3) is 0.333. The Morgan fingerprint density at radius 1 is 1.92 bits per heavy atom. The summed E-state index contributed by atoms with van der Waals surface area (Å²) in [6.07, 6.45) is 3.35. The van der Waals surface area contributed by atoms with Crippen LogP contribution in [0.25, 0.3) is 0 Å². The van der Waals surface area contributed by atoms with Gasteiger partial charge in [-0.2, -0.15) is 0 Å². The van der Waals surface area contributed by atoms with Gasteiger partial charge in [-0.3, -0.25) is 10.6 Å². The van der Waals surface area contributed by atoms with Crippen LogP contribution < -0.4 is 11.3 Å². The summed E-state index contributed by atoms with van der Waals surface area (Å²) < 4.78 is 0. The predicted octanol–water partition coefficient (Wildman–Crippen LogP) is -1.13. The number of aromatic amines is 1. The van der Waals surface area contributed by atoms with Gasteiger partial charge in [0, 0.05) is 18.3 Å². The van der Waals surface area contributed by atoms with Crippen LogP contribution in [0.4, 0.5) is 0 Å². The lowest BCUT2D eigenvalue weighted by atomic mass is 10.2. The number of carbonyl (C=O) groups is 1. The second kappa shape index (κ2) is 3.84. The summed E-state index contributed by atoms with van der Waals surface area (Å²) >= 11 is 0. The lowest BCUT2D eigenvalue weighted by molar-refractivity contribution is -0.139. The van der Waals surface area contributed by atoms with Gasteiger partial charge in [0.2, 0.25) is 0 Å². The molecule has 0 bridgehead atoms. The van der Waals surface area contributed by atoms with Gasteiger partial charge < -0.3 is 10.1 Å². The van der Waals surface area contributed by atoms with Crippen molar-refractivity contribution in [3.05, 3.63) is 18.2 Å². The van der Waals surface area contributed by atoms with Crippen LogP contribution in [0.5, 0.6) is 0 Å². The second-order valence-corrected chi connectivity index (χ2v) is 2.34. The summed E-state index contributed by atoms with van der Waals surface area (Å²) in [5, 5.41) is 8.60. The molecule has 1 heterocycles. The molecule has 6 nitrogen and oxygen atoms in total. The van der Waals surface area contributed by atoms with E-state index >= 15 is 0 Å². The second-order valence-electron chi connectivity index (χ2n) is 2.34. The summed E-state index contributed by atoms with van der Waals surface area (Å²) in [6.45, 7) is 0. The van der Waals surface area contributed by atoms with Crippen molar-refractivity contribution in [3.8, 4) is 0 Å². The molecular weight excluding hydrogens is 160 g/mol. The first-order chi connectivity index (χ1) is 5.74. The SMILES string of the molecule is NN[C@@H](Cc1cnc[nH]1)C(=O)O. The molecule has 0 saturated heterocycles. The molecule has 1 atom stereocenters. The zero-order valence-corrected chi connectivity index (χ0v) is 6.32. The van der Waals surface area contributed by atoms with E-state index in [1.54, 1.807) is 6.20 Å². The fourth-order valence-corrected chi connectivity index (χ4v) is 0.834. The molecule has 66 valence electrons. The highest BCUT2D eigenvalue weighted by atomic mass is 16.4. The molecule has 0 radical (unpaired) electrons. The maximum atomic E-state index is 10.5. The molecule has 0 fully saturated rings. The third-order valence-corrected chi connectivity index (χ3v) is 1.48. The first-order valence-electron chi connectivity index (χ1n) is 3.40. The monoisotopic (exact) mass is 170 g/mol. The Bertz CT molecular complexity index is 246. The minimum Gasteiger partial charge on any atom is -0.480 e. The third kappa shape index (κ3) is 2.04. The van der Waals surface area contributed by atoms with E-state index in [4.69, 9.17) is 10.9 Å². The molecule has 0 spiro atoms. The Hall–Kier alpha value is -1.40. The molecule has 1 aromatic rings. The standard InChI is InChI=1S/C6H10N4O2/c7-10-5(6(11)12)1-4-2-8-3-9-4/h2-3,5,10H,1,7H2,(H,8,9)(H,11,12)/t5-/m0/s1. The van der Waals surface area contributed by atoms with E-state index in [9.17, 15) is 4.79 Å². The average molecular weight is 170 g/mol. The Labute approximate surface area is 68.8 Å². The van der Waals surface area contributed by atoms with Crippen LogP contribution in [0.15, 0.2) is 12.5 Å². The summed E-state index contributed by atoms with van der Waals surface area (Å²) in [5.41, 5.74) is 2.93. The molecule has 0 saturated carbocycles. The van der Waals surface area contributed by atoms with Crippen LogP contribution in [-0.2, 0) is 11.2 Å². The van der Waals surface area contributed by atoms with E-state index in [-0.39, 0.29) is 0 Å². The van der Waals surface area contributed by atoms with Crippen LogP contribution >= 0.6 is 0 Å². The van der Waals surface area contributed by atoms with E-state index in [0.29, 0.717) is 6.42 Å². The lowest BCUT2D eigenvalue weighted by Gasteiger charge is -2.08. The number of rotatable bonds is 4. The van der Waals surface area contributed by atoms with Crippen LogP contribution in [0, 0.1) is 0 Å². The molecule has 1 aromatic heterocycles. The number of hydrazine groups is 1. The molecule has 12 heavy (non-hydrogen) atoms. The maximum Gasteiger partial charge on any atom is 0.322 e. The van der Waals surface area contributed by atoms with Gasteiger partial charge >= 0.3 is 5.97 Å². The number of carboxylic acids is 1. The number of aromatic nitrogens is 2. The maximum absolute atomic E-state index is 10.5. The molecule has 0 aliphatic rings. The Morgan fingerprint density at radius 3 is 3.08 bits per heavy atom. The number of H-pyrrole nitrogens is 1. The minimum absolute atomic E-state index is 0.297. The van der Waals surface area contributed by atoms with Crippen molar-refractivity contribution < 1.29 is 9.90 Å². The predicted molar refractivity (Wildman–Crippen MR) is 41.0 cm³/mol. The molecule has 0 aliphatic heterocycles. The van der Waals surface area contributed by atoms with Gasteiger partial charge in [-0.05, 0) is 0 Å². The molecule has 5 N–H and O–H groups in total. The van der Waals surface area contributed by atoms with Crippen molar-refractivity contribution in [1.29, 1.82) is 0 Å². The van der Waals surface area contributed by atoms with E-state index in [1.807, 2.05) is 0 Å². The molecule has 0 aromatic carbocycles. The van der Waals surface area contributed by atoms with Crippen molar-refractivity contribution in [2.75, 3.05) is 0 Å². The molecule has 1 rings (SSSR count). The van der Waals surface area contributed by atoms with Crippen LogP contribution in [0.2, 0.25) is 0 Å². The van der Waals surface area contributed by atoms with E-state index < -0.39 is 12.0 Å². The molecule has 0 unspecified atom stereocenters. The quantitative estimate of drug-likeness (QED) is 0.338. The summed E-state index contributed by atoms with van der Waals surface area (Å²) in [4.78, 5) is 17.0. The Kier molecular flexibility index (Phi) is 2.78. The van der Waals surface area contributed by atoms with Gasteiger partial charge in [-0.15, -0.1) is 0 Å². The summed E-state index contributed by atoms with van der Waals surface area (Å²) in [7, 11) is 0. The zero-order chi connectivity index (χ0) is 8.97. The van der Waals surface area contributed by atoms with Crippen LogP contribution in [0.3, 0.4) is 0 Å². The fourth-order valence-electron chi connectivity index (χ4n) is 0.834. The van der Waals surface area contributed by atoms with Gasteiger partial charge in [0.25, 0.3) is 0 Å². The Morgan fingerprint density at radius 2 is 2.67 bits per heavy atom. The van der Waals surface area contributed by atoms with E-state index in [1.165, 1.54) is 6.33 Å². The highest BCUT2D eigenvalue weighted by Crippen LogP contribution is 1.96. The Balaban J connectivity index is 2.54. The van der Waals surface area contributed by atoms with Gasteiger partial charge in [-0.1, -0.05) is 0 Å². The number of nitrogens with two attached hydrogens (primary N) is 1. The van der Waals surface area contributed by atoms with Crippen LogP contribution in [0.1, 0.15) is 5.69 Å². The summed E-state index contributed by atoms with van der Waals surface area (Å²) in [6, 6.07) is -0.773. The van der Waals surface area contributed by atoms with Crippen LogP contribution in [-0.4, -0.2) is 27.1 Å². The van der Waals surface area contributed by atoms with Crippen molar-refractivity contribution in [1.82, 2.24) is 15.4 Å². The van der Waals surface area contributed by atoms with Gasteiger partial charge in [-0.25, -0.2) is 10.4 Å². The number of hydrogen-bond donors (Lipinski definition) is 4. The van der Waals surface area contributed by atoms with Gasteiger partial charge in [0.1, 0.15) is 6.04 Å². The van der Waals surface area contributed by atoms with Gasteiger partial charge in [0.05, 0.1) is 6.33 Å². The molecule has 6 heteroatoms. The van der Waals surface area contributed by atoms with E-state index in [2.05, 4.69) is 15.4 Å². The van der Waals surface area contributed by atoms with Crippen molar-refractivity contribution in [2.24, 2.45) is 5.84 Å². The number of carboxylic acid groups (broad SMARTS) is 1. The largest absolute Gasteiger partial charge is 0.480 e. The van der Waals surface area contributed by atoms with Gasteiger partial charge in [0.15, 0.2) is 0 Å². The third-order valence-electron chi connectivity index (χ3n) is 1.48. The molecule has 0 aliphatic carbocycles. The normalized spacial score (nSPS) is 12.8. The number of imidazole rings is 1. The minimum atomic E-state index is -0.980. The topological polar surface area (TPSA) is 104 Å². The highest BCUT2D eigenvalue weighted by molar-refractivity contribution is 5.73. The number of aliphatic carboxylic acids is 1. The smallest absolute Gasteiger partial charge is 0.322 e. The zero-order valence-electron chi connectivity index (χ0n) is 6.32. The van der Waals surface area contributed by atoms with E-state index in [0.717, 1.165) is 5.69 Å². The first kappa shape index (κ1) is 8.69. The molecule has 0 amide bonds. The number of nitrogens with one attached hydrogen (secondary N) is 2. The molecular formula is C6H10N4O2. The van der Waals surface area contributed by atoms with Crippen molar-refractivity contribution in [3.63, 3.8) is 0 Å². The summed E-state index contributed by atoms with van der Waals surface area (Å²) in [5.74, 6) is 4.05. The van der Waals surface area contributed by atoms with Crippen molar-refractivity contribution >= 4 is 5.97 Å². The highest BCUT2D eigenvalue weighted by Gasteiger charge is 2.15.